The molecular weight excluding hydrogens is 372 g/mol. The Kier molecular flexibility index (Phi) is 8.01. The molecule has 9 nitrogen and oxygen atoms in total. The minimum atomic E-state index is -4.03. The molecule has 150 valence electrons. The first-order chi connectivity index (χ1) is 12.9. The van der Waals surface area contributed by atoms with Gasteiger partial charge in [-0.25, -0.2) is 9.52 Å². The molecule has 2 amide bonds. The number of rotatable bonds is 9. The van der Waals surface area contributed by atoms with E-state index >= 15 is 0 Å². The highest BCUT2D eigenvalue weighted by Crippen LogP contribution is 2.10. The van der Waals surface area contributed by atoms with Gasteiger partial charge in [0.25, 0.3) is 0 Å². The summed E-state index contributed by atoms with van der Waals surface area (Å²) in [4.78, 5) is 25.4. The van der Waals surface area contributed by atoms with E-state index in [0.717, 1.165) is 31.5 Å². The van der Waals surface area contributed by atoms with Crippen molar-refractivity contribution in [2.45, 2.75) is 38.3 Å². The van der Waals surface area contributed by atoms with Gasteiger partial charge in [0.1, 0.15) is 6.61 Å². The summed E-state index contributed by atoms with van der Waals surface area (Å²) >= 11 is 0. The standard InChI is InChI=1S/C17H26N4O5S/c18-15(16(22)21-11-4-5-12-21)9-6-10-19-27(24,25)20-17(23)26-13-14-7-2-1-3-8-14/h1-3,7-8,15,19H,4-6,9-13,18H2,(H,20,23)/t15-/m0/s1. The fourth-order valence-corrected chi connectivity index (χ4v) is 3.49. The molecule has 2 rings (SSSR count). The SMILES string of the molecule is N[C@@H](CCCNS(=O)(=O)NC(=O)OCc1ccccc1)C(=O)N1CCCC1. The summed E-state index contributed by atoms with van der Waals surface area (Å²) in [7, 11) is -4.03. The number of nitrogens with zero attached hydrogens (tertiary/aromatic N) is 1. The van der Waals surface area contributed by atoms with Gasteiger partial charge >= 0.3 is 16.3 Å². The number of benzene rings is 1. The van der Waals surface area contributed by atoms with E-state index in [4.69, 9.17) is 10.5 Å². The third kappa shape index (κ3) is 7.53. The van der Waals surface area contributed by atoms with Gasteiger partial charge in [-0.1, -0.05) is 30.3 Å². The minimum absolute atomic E-state index is 0.0321. The van der Waals surface area contributed by atoms with Gasteiger partial charge in [0.05, 0.1) is 6.04 Å². The maximum Gasteiger partial charge on any atom is 0.422 e. The summed E-state index contributed by atoms with van der Waals surface area (Å²) in [6, 6.07) is 8.26. The number of carbonyl (C=O) groups is 2. The molecular formula is C17H26N4O5S. The molecule has 10 heteroatoms. The first-order valence-electron chi connectivity index (χ1n) is 8.90. The molecule has 1 aromatic carbocycles. The highest BCUT2D eigenvalue weighted by Gasteiger charge is 2.23. The summed E-state index contributed by atoms with van der Waals surface area (Å²) in [6.45, 7) is 1.49. The van der Waals surface area contributed by atoms with E-state index in [1.807, 2.05) is 6.07 Å². The smallest absolute Gasteiger partial charge is 0.422 e. The monoisotopic (exact) mass is 398 g/mol. The molecule has 4 N–H and O–H groups in total. The van der Waals surface area contributed by atoms with Gasteiger partial charge in [0.2, 0.25) is 5.91 Å². The molecule has 1 aliphatic heterocycles. The van der Waals surface area contributed by atoms with Crippen molar-refractivity contribution in [1.82, 2.24) is 14.3 Å². The van der Waals surface area contributed by atoms with E-state index in [1.54, 1.807) is 33.9 Å². The molecule has 0 aliphatic carbocycles. The van der Waals surface area contributed by atoms with Crippen LogP contribution in [-0.2, 0) is 26.3 Å². The van der Waals surface area contributed by atoms with E-state index in [1.165, 1.54) is 0 Å². The maximum atomic E-state index is 12.1. The van der Waals surface area contributed by atoms with Crippen LogP contribution in [0.15, 0.2) is 30.3 Å². The Morgan fingerprint density at radius 2 is 1.85 bits per heavy atom. The fraction of sp³-hybridized carbons (Fsp3) is 0.529. The molecule has 1 atom stereocenters. The number of carbonyl (C=O) groups excluding carboxylic acids is 2. The topological polar surface area (TPSA) is 131 Å². The molecule has 1 fully saturated rings. The molecule has 0 radical (unpaired) electrons. The van der Waals surface area contributed by atoms with Crippen molar-refractivity contribution in [2.24, 2.45) is 5.73 Å². The van der Waals surface area contributed by atoms with Crippen LogP contribution < -0.4 is 15.2 Å². The summed E-state index contributed by atoms with van der Waals surface area (Å²) in [5.74, 6) is -0.0991. The van der Waals surface area contributed by atoms with Crippen molar-refractivity contribution in [2.75, 3.05) is 19.6 Å². The normalized spacial score (nSPS) is 15.4. The number of hydrogen-bond acceptors (Lipinski definition) is 6. The number of ether oxygens (including phenoxy) is 1. The summed E-state index contributed by atoms with van der Waals surface area (Å²) in [6.07, 6.45) is 1.65. The predicted octanol–water partition coefficient (Wildman–Crippen LogP) is 0.477. The van der Waals surface area contributed by atoms with E-state index in [2.05, 4.69) is 4.72 Å². The Hall–Kier alpha value is -2.17. The van der Waals surface area contributed by atoms with Crippen LogP contribution in [0, 0.1) is 0 Å². The average molecular weight is 398 g/mol. The number of likely N-dealkylation sites (tertiary alicyclic amines) is 1. The van der Waals surface area contributed by atoms with Crippen LogP contribution in [0.1, 0.15) is 31.2 Å². The van der Waals surface area contributed by atoms with Crippen LogP contribution in [0.3, 0.4) is 0 Å². The zero-order valence-corrected chi connectivity index (χ0v) is 15.9. The van der Waals surface area contributed by atoms with Crippen LogP contribution >= 0.6 is 0 Å². The fourth-order valence-electron chi connectivity index (χ4n) is 2.72. The first-order valence-corrected chi connectivity index (χ1v) is 10.4. The Bertz CT molecular complexity index is 720. The molecule has 0 spiro atoms. The molecule has 1 saturated heterocycles. The van der Waals surface area contributed by atoms with Crippen molar-refractivity contribution in [3.05, 3.63) is 35.9 Å². The molecule has 1 aliphatic rings. The second kappa shape index (κ2) is 10.2. The maximum absolute atomic E-state index is 12.1. The van der Waals surface area contributed by atoms with E-state index in [-0.39, 0.29) is 19.1 Å². The van der Waals surface area contributed by atoms with Crippen LogP contribution in [0.5, 0.6) is 0 Å². The van der Waals surface area contributed by atoms with Crippen molar-refractivity contribution in [1.29, 1.82) is 0 Å². The number of amides is 2. The van der Waals surface area contributed by atoms with Gasteiger partial charge in [0.15, 0.2) is 0 Å². The van der Waals surface area contributed by atoms with Gasteiger partial charge in [0, 0.05) is 19.6 Å². The second-order valence-corrected chi connectivity index (χ2v) is 7.84. The number of hydrogen-bond donors (Lipinski definition) is 3. The minimum Gasteiger partial charge on any atom is -0.444 e. The lowest BCUT2D eigenvalue weighted by atomic mass is 10.1. The lowest BCUT2D eigenvalue weighted by Crippen LogP contribution is -2.43. The van der Waals surface area contributed by atoms with E-state index < -0.39 is 22.3 Å². The molecule has 0 aromatic heterocycles. The summed E-state index contributed by atoms with van der Waals surface area (Å²) in [5, 5.41) is 0. The zero-order chi connectivity index (χ0) is 19.7. The van der Waals surface area contributed by atoms with E-state index in [9.17, 15) is 18.0 Å². The van der Waals surface area contributed by atoms with Gasteiger partial charge in [-0.3, -0.25) is 4.79 Å². The van der Waals surface area contributed by atoms with Gasteiger partial charge in [-0.05, 0) is 31.2 Å². The zero-order valence-electron chi connectivity index (χ0n) is 15.1. The van der Waals surface area contributed by atoms with Crippen molar-refractivity contribution >= 4 is 22.2 Å². The van der Waals surface area contributed by atoms with Crippen LogP contribution in [-0.4, -0.2) is 51.0 Å². The van der Waals surface area contributed by atoms with Gasteiger partial charge < -0.3 is 15.4 Å². The third-order valence-corrected chi connectivity index (χ3v) is 5.17. The van der Waals surface area contributed by atoms with Gasteiger partial charge in [-0.2, -0.15) is 13.1 Å². The predicted molar refractivity (Wildman–Crippen MR) is 99.7 cm³/mol. The summed E-state index contributed by atoms with van der Waals surface area (Å²) in [5.41, 5.74) is 6.61. The Balaban J connectivity index is 1.63. The number of nitrogens with one attached hydrogen (secondary N) is 2. The third-order valence-electron chi connectivity index (χ3n) is 4.15. The van der Waals surface area contributed by atoms with Crippen molar-refractivity contribution < 1.29 is 22.7 Å². The Morgan fingerprint density at radius 3 is 2.52 bits per heavy atom. The van der Waals surface area contributed by atoms with Crippen LogP contribution in [0.2, 0.25) is 0 Å². The Morgan fingerprint density at radius 1 is 1.19 bits per heavy atom. The molecule has 0 saturated carbocycles. The lowest BCUT2D eigenvalue weighted by Gasteiger charge is -2.20. The van der Waals surface area contributed by atoms with Crippen LogP contribution in [0.25, 0.3) is 0 Å². The second-order valence-electron chi connectivity index (χ2n) is 6.34. The number of nitrogens with two attached hydrogens (primary N) is 1. The van der Waals surface area contributed by atoms with Crippen LogP contribution in [0.4, 0.5) is 4.79 Å². The Labute approximate surface area is 159 Å². The average Bonchev–Trinajstić information content (AvgIpc) is 3.18. The van der Waals surface area contributed by atoms with Crippen molar-refractivity contribution in [3.8, 4) is 0 Å². The van der Waals surface area contributed by atoms with Crippen molar-refractivity contribution in [3.63, 3.8) is 0 Å². The first kappa shape index (κ1) is 21.1. The highest BCUT2D eigenvalue weighted by atomic mass is 32.2. The van der Waals surface area contributed by atoms with E-state index in [0.29, 0.717) is 12.8 Å². The van der Waals surface area contributed by atoms with Gasteiger partial charge in [-0.15, -0.1) is 0 Å². The molecule has 0 unspecified atom stereocenters. The highest BCUT2D eigenvalue weighted by molar-refractivity contribution is 7.88. The quantitative estimate of drug-likeness (QED) is 0.519. The molecule has 1 heterocycles. The lowest BCUT2D eigenvalue weighted by molar-refractivity contribution is -0.131. The largest absolute Gasteiger partial charge is 0.444 e. The molecule has 1 aromatic rings. The molecule has 27 heavy (non-hydrogen) atoms. The summed E-state index contributed by atoms with van der Waals surface area (Å²) < 4.78 is 32.5. The molecule has 0 bridgehead atoms.